The van der Waals surface area contributed by atoms with Gasteiger partial charge in [-0.3, -0.25) is 4.99 Å². The highest BCUT2D eigenvalue weighted by atomic mass is 16.6. The minimum Gasteiger partial charge on any atom is -0.444 e. The first-order chi connectivity index (χ1) is 7.46. The van der Waals surface area contributed by atoms with E-state index in [9.17, 15) is 4.79 Å². The molecule has 2 aliphatic heterocycles. The number of amides is 1. The molecule has 0 saturated carbocycles. The molecule has 1 amide bonds. The van der Waals surface area contributed by atoms with Crippen molar-refractivity contribution in [3.8, 4) is 0 Å². The van der Waals surface area contributed by atoms with E-state index in [2.05, 4.69) is 4.99 Å². The van der Waals surface area contributed by atoms with E-state index in [-0.39, 0.29) is 6.09 Å². The summed E-state index contributed by atoms with van der Waals surface area (Å²) in [6, 6.07) is 0. The molecule has 2 heterocycles. The molecule has 0 saturated heterocycles. The SMILES string of the molecule is CC(C)(C)OC(=O)N1CCC2=C(C1)N=CC2. The van der Waals surface area contributed by atoms with Crippen LogP contribution in [0.1, 0.15) is 33.6 Å². The van der Waals surface area contributed by atoms with Crippen LogP contribution in [0.2, 0.25) is 0 Å². The fraction of sp³-hybridized carbons (Fsp3) is 0.667. The van der Waals surface area contributed by atoms with Gasteiger partial charge in [0.2, 0.25) is 0 Å². The van der Waals surface area contributed by atoms with E-state index in [1.165, 1.54) is 5.57 Å². The van der Waals surface area contributed by atoms with Crippen molar-refractivity contribution in [1.29, 1.82) is 0 Å². The summed E-state index contributed by atoms with van der Waals surface area (Å²) in [4.78, 5) is 17.9. The van der Waals surface area contributed by atoms with Crippen molar-refractivity contribution in [2.24, 2.45) is 4.99 Å². The highest BCUT2D eigenvalue weighted by Crippen LogP contribution is 2.25. The van der Waals surface area contributed by atoms with E-state index in [1.54, 1.807) is 4.90 Å². The lowest BCUT2D eigenvalue weighted by molar-refractivity contribution is 0.0259. The predicted molar refractivity (Wildman–Crippen MR) is 62.6 cm³/mol. The van der Waals surface area contributed by atoms with Crippen molar-refractivity contribution in [3.63, 3.8) is 0 Å². The zero-order valence-electron chi connectivity index (χ0n) is 10.1. The lowest BCUT2D eigenvalue weighted by Crippen LogP contribution is -2.40. The van der Waals surface area contributed by atoms with Crippen LogP contribution in [0.15, 0.2) is 16.3 Å². The standard InChI is InChI=1S/C12H18N2O2/c1-12(2,3)16-11(15)14-7-5-9-4-6-13-10(9)8-14/h6H,4-5,7-8H2,1-3H3. The monoisotopic (exact) mass is 222 g/mol. The van der Waals surface area contributed by atoms with Gasteiger partial charge in [-0.05, 0) is 32.8 Å². The summed E-state index contributed by atoms with van der Waals surface area (Å²) in [5.41, 5.74) is 2.00. The van der Waals surface area contributed by atoms with Gasteiger partial charge in [0.1, 0.15) is 5.60 Å². The van der Waals surface area contributed by atoms with Crippen molar-refractivity contribution in [2.75, 3.05) is 13.1 Å². The maximum Gasteiger partial charge on any atom is 0.410 e. The van der Waals surface area contributed by atoms with Gasteiger partial charge in [0, 0.05) is 19.2 Å². The zero-order chi connectivity index (χ0) is 11.8. The van der Waals surface area contributed by atoms with Crippen molar-refractivity contribution in [1.82, 2.24) is 4.90 Å². The third-order valence-electron chi connectivity index (χ3n) is 2.67. The average Bonchev–Trinajstić information content (AvgIpc) is 2.61. The van der Waals surface area contributed by atoms with Crippen LogP contribution in [0.4, 0.5) is 4.79 Å². The summed E-state index contributed by atoms with van der Waals surface area (Å²) in [7, 11) is 0. The molecule has 4 heteroatoms. The molecule has 88 valence electrons. The highest BCUT2D eigenvalue weighted by molar-refractivity contribution is 5.71. The summed E-state index contributed by atoms with van der Waals surface area (Å²) in [6.07, 6.45) is 3.57. The molecule has 0 bridgehead atoms. The maximum atomic E-state index is 11.8. The number of hydrogen-bond acceptors (Lipinski definition) is 3. The van der Waals surface area contributed by atoms with Crippen LogP contribution in [-0.2, 0) is 4.74 Å². The van der Waals surface area contributed by atoms with E-state index >= 15 is 0 Å². The Balaban J connectivity index is 1.98. The Bertz CT molecular complexity index is 364. The van der Waals surface area contributed by atoms with Crippen LogP contribution in [0.25, 0.3) is 0 Å². The Morgan fingerprint density at radius 2 is 2.25 bits per heavy atom. The molecule has 0 aromatic carbocycles. The number of aliphatic imine (C=N–C) groups is 1. The van der Waals surface area contributed by atoms with Gasteiger partial charge in [-0.2, -0.15) is 0 Å². The summed E-state index contributed by atoms with van der Waals surface area (Å²) in [6.45, 7) is 6.99. The van der Waals surface area contributed by atoms with E-state index in [0.29, 0.717) is 6.54 Å². The second kappa shape index (κ2) is 3.92. The molecule has 0 aliphatic carbocycles. The molecular formula is C12H18N2O2. The minimum absolute atomic E-state index is 0.235. The Kier molecular flexibility index (Phi) is 2.74. The average molecular weight is 222 g/mol. The molecule has 16 heavy (non-hydrogen) atoms. The Morgan fingerprint density at radius 1 is 1.50 bits per heavy atom. The normalized spacial score (nSPS) is 20.1. The lowest BCUT2D eigenvalue weighted by atomic mass is 10.1. The first kappa shape index (κ1) is 11.2. The van der Waals surface area contributed by atoms with Gasteiger partial charge >= 0.3 is 6.09 Å². The van der Waals surface area contributed by atoms with Crippen LogP contribution < -0.4 is 0 Å². The third-order valence-corrected chi connectivity index (χ3v) is 2.67. The molecule has 0 spiro atoms. The van der Waals surface area contributed by atoms with Gasteiger partial charge in [0.15, 0.2) is 0 Å². The van der Waals surface area contributed by atoms with Gasteiger partial charge in [-0.25, -0.2) is 4.79 Å². The molecular weight excluding hydrogens is 204 g/mol. The predicted octanol–water partition coefficient (Wildman–Crippen LogP) is 2.36. The summed E-state index contributed by atoms with van der Waals surface area (Å²) >= 11 is 0. The quantitative estimate of drug-likeness (QED) is 0.631. The second-order valence-corrected chi connectivity index (χ2v) is 5.22. The summed E-state index contributed by atoms with van der Waals surface area (Å²) in [5.74, 6) is 0. The molecule has 0 atom stereocenters. The highest BCUT2D eigenvalue weighted by Gasteiger charge is 2.27. The Labute approximate surface area is 96.0 Å². The maximum absolute atomic E-state index is 11.8. The van der Waals surface area contributed by atoms with Gasteiger partial charge in [-0.1, -0.05) is 0 Å². The first-order valence-electron chi connectivity index (χ1n) is 5.67. The first-order valence-corrected chi connectivity index (χ1v) is 5.67. The van der Waals surface area contributed by atoms with Crippen LogP contribution in [0, 0.1) is 0 Å². The molecule has 0 unspecified atom stereocenters. The second-order valence-electron chi connectivity index (χ2n) is 5.22. The Hall–Kier alpha value is -1.32. The van der Waals surface area contributed by atoms with E-state index < -0.39 is 5.60 Å². The molecule has 2 aliphatic rings. The van der Waals surface area contributed by atoms with Crippen LogP contribution in [0.5, 0.6) is 0 Å². The molecule has 0 aromatic heterocycles. The Morgan fingerprint density at radius 3 is 2.94 bits per heavy atom. The molecule has 4 nitrogen and oxygen atoms in total. The van der Waals surface area contributed by atoms with E-state index in [0.717, 1.165) is 25.1 Å². The van der Waals surface area contributed by atoms with Gasteiger partial charge in [0.25, 0.3) is 0 Å². The largest absolute Gasteiger partial charge is 0.444 e. The van der Waals surface area contributed by atoms with Gasteiger partial charge in [-0.15, -0.1) is 0 Å². The number of carbonyl (C=O) groups is 1. The fourth-order valence-corrected chi connectivity index (χ4v) is 1.89. The van der Waals surface area contributed by atoms with E-state index in [4.69, 9.17) is 4.74 Å². The number of carbonyl (C=O) groups excluding carboxylic acids is 1. The topological polar surface area (TPSA) is 41.9 Å². The molecule has 0 fully saturated rings. The molecule has 2 rings (SSSR count). The molecule has 0 aromatic rings. The van der Waals surface area contributed by atoms with Crippen molar-refractivity contribution < 1.29 is 9.53 Å². The van der Waals surface area contributed by atoms with Gasteiger partial charge in [0.05, 0.1) is 12.2 Å². The number of hydrogen-bond donors (Lipinski definition) is 0. The smallest absolute Gasteiger partial charge is 0.410 e. The van der Waals surface area contributed by atoms with Crippen molar-refractivity contribution in [2.45, 2.75) is 39.2 Å². The minimum atomic E-state index is -0.426. The molecule has 0 N–H and O–H groups in total. The van der Waals surface area contributed by atoms with Crippen molar-refractivity contribution in [3.05, 3.63) is 11.3 Å². The zero-order valence-corrected chi connectivity index (χ0v) is 10.1. The molecule has 0 radical (unpaired) electrons. The van der Waals surface area contributed by atoms with Crippen LogP contribution >= 0.6 is 0 Å². The third kappa shape index (κ3) is 2.43. The van der Waals surface area contributed by atoms with E-state index in [1.807, 2.05) is 27.0 Å². The van der Waals surface area contributed by atoms with Crippen LogP contribution in [-0.4, -0.2) is 35.9 Å². The number of ether oxygens (including phenoxy) is 1. The summed E-state index contributed by atoms with van der Waals surface area (Å²) < 4.78 is 5.34. The van der Waals surface area contributed by atoms with Gasteiger partial charge < -0.3 is 9.64 Å². The van der Waals surface area contributed by atoms with Crippen LogP contribution in [0.3, 0.4) is 0 Å². The summed E-state index contributed by atoms with van der Waals surface area (Å²) in [5, 5.41) is 0. The number of rotatable bonds is 0. The van der Waals surface area contributed by atoms with Crippen molar-refractivity contribution >= 4 is 12.3 Å². The lowest BCUT2D eigenvalue weighted by Gasteiger charge is -2.30. The fourth-order valence-electron chi connectivity index (χ4n) is 1.89. The number of nitrogens with zero attached hydrogens (tertiary/aromatic N) is 2.